The number of nitrogens with one attached hydrogen (secondary N) is 1. The highest BCUT2D eigenvalue weighted by Gasteiger charge is 2.26. The predicted molar refractivity (Wildman–Crippen MR) is 70.5 cm³/mol. The molecule has 0 radical (unpaired) electrons. The molecule has 1 amide bonds. The molecule has 0 aliphatic rings. The number of rotatable bonds is 5. The van der Waals surface area contributed by atoms with Crippen LogP contribution in [0.5, 0.6) is 0 Å². The minimum Gasteiger partial charge on any atom is -0.481 e. The normalized spacial score (nSPS) is 13.3. The number of carboxylic acid groups (broad SMARTS) is 2. The summed E-state index contributed by atoms with van der Waals surface area (Å²) in [5, 5.41) is 18.7. The van der Waals surface area contributed by atoms with Crippen LogP contribution in [-0.4, -0.2) is 40.1 Å². The lowest BCUT2D eigenvalue weighted by atomic mass is 10.0. The third kappa shape index (κ3) is 10.0. The van der Waals surface area contributed by atoms with Gasteiger partial charge in [-0.05, 0) is 11.8 Å². The Bertz CT molecular complexity index is 311. The Morgan fingerprint density at radius 3 is 1.58 bits per heavy atom. The van der Waals surface area contributed by atoms with E-state index < -0.39 is 29.9 Å². The molecule has 0 fully saturated rings. The number of nitrogens with two attached hydrogens (primary N) is 1. The zero-order valence-corrected chi connectivity index (χ0v) is 12.0. The third-order valence-corrected chi connectivity index (χ3v) is 2.25. The average molecular weight is 276 g/mol. The van der Waals surface area contributed by atoms with E-state index >= 15 is 0 Å². The Morgan fingerprint density at radius 1 is 1.00 bits per heavy atom. The largest absolute Gasteiger partial charge is 0.481 e. The van der Waals surface area contributed by atoms with Crippen LogP contribution in [0.2, 0.25) is 0 Å². The van der Waals surface area contributed by atoms with E-state index in [9.17, 15) is 9.59 Å². The first-order valence-electron chi connectivity index (χ1n) is 5.99. The van der Waals surface area contributed by atoms with Crippen LogP contribution >= 0.6 is 0 Å². The molecular formula is C12H24N2O5. The van der Waals surface area contributed by atoms with Gasteiger partial charge >= 0.3 is 5.97 Å². The van der Waals surface area contributed by atoms with Gasteiger partial charge in [0.1, 0.15) is 6.04 Å². The number of carboxylic acids is 2. The van der Waals surface area contributed by atoms with Crippen molar-refractivity contribution in [3.05, 3.63) is 0 Å². The molecule has 0 saturated heterocycles. The van der Waals surface area contributed by atoms with Gasteiger partial charge in [-0.3, -0.25) is 9.59 Å². The van der Waals surface area contributed by atoms with Gasteiger partial charge in [-0.2, -0.15) is 0 Å². The molecule has 112 valence electrons. The number of carbonyl (C=O) groups excluding carboxylic acids is 1. The van der Waals surface area contributed by atoms with Crippen LogP contribution in [0.15, 0.2) is 0 Å². The molecule has 0 spiro atoms. The molecule has 5 N–H and O–H groups in total. The second-order valence-electron chi connectivity index (χ2n) is 4.86. The van der Waals surface area contributed by atoms with Gasteiger partial charge in [-0.15, -0.1) is 0 Å². The minimum absolute atomic E-state index is 0.00777. The Kier molecular flexibility index (Phi) is 9.67. The van der Waals surface area contributed by atoms with Crippen molar-refractivity contribution in [3.63, 3.8) is 0 Å². The van der Waals surface area contributed by atoms with Crippen LogP contribution in [0, 0.1) is 11.8 Å². The molecule has 2 atom stereocenters. The SMILES string of the molecule is CC(=O)O.CC(C)[C@H](N)C(=O)N[C@H](C(=O)O)C(C)C. The van der Waals surface area contributed by atoms with E-state index in [1.807, 2.05) is 13.8 Å². The Hall–Kier alpha value is -1.63. The monoisotopic (exact) mass is 276 g/mol. The van der Waals surface area contributed by atoms with Crippen LogP contribution in [0.25, 0.3) is 0 Å². The topological polar surface area (TPSA) is 130 Å². The molecule has 0 aliphatic carbocycles. The lowest BCUT2D eigenvalue weighted by Gasteiger charge is -2.21. The maximum absolute atomic E-state index is 11.5. The minimum atomic E-state index is -1.03. The molecule has 0 rings (SSSR count). The van der Waals surface area contributed by atoms with Gasteiger partial charge in [-0.25, -0.2) is 4.79 Å². The summed E-state index contributed by atoms with van der Waals surface area (Å²) >= 11 is 0. The van der Waals surface area contributed by atoms with Gasteiger partial charge in [-0.1, -0.05) is 27.7 Å². The lowest BCUT2D eigenvalue weighted by Crippen LogP contribution is -2.52. The van der Waals surface area contributed by atoms with E-state index in [0.29, 0.717) is 0 Å². The smallest absolute Gasteiger partial charge is 0.326 e. The van der Waals surface area contributed by atoms with Crippen molar-refractivity contribution >= 4 is 17.8 Å². The highest BCUT2D eigenvalue weighted by Crippen LogP contribution is 2.04. The van der Waals surface area contributed by atoms with Crippen molar-refractivity contribution in [3.8, 4) is 0 Å². The zero-order valence-electron chi connectivity index (χ0n) is 12.0. The van der Waals surface area contributed by atoms with Crippen LogP contribution in [0.1, 0.15) is 34.6 Å². The summed E-state index contributed by atoms with van der Waals surface area (Å²) in [4.78, 5) is 31.3. The quantitative estimate of drug-likeness (QED) is 0.571. The average Bonchev–Trinajstić information content (AvgIpc) is 2.22. The molecular weight excluding hydrogens is 252 g/mol. The van der Waals surface area contributed by atoms with Crippen molar-refractivity contribution in [1.29, 1.82) is 0 Å². The van der Waals surface area contributed by atoms with E-state index in [1.165, 1.54) is 0 Å². The lowest BCUT2D eigenvalue weighted by molar-refractivity contribution is -0.143. The van der Waals surface area contributed by atoms with Crippen LogP contribution < -0.4 is 11.1 Å². The highest BCUT2D eigenvalue weighted by molar-refractivity contribution is 5.87. The van der Waals surface area contributed by atoms with E-state index in [1.54, 1.807) is 13.8 Å². The molecule has 0 aromatic carbocycles. The fraction of sp³-hybridized carbons (Fsp3) is 0.750. The molecule has 0 aromatic rings. The molecule has 7 heteroatoms. The van der Waals surface area contributed by atoms with Crippen molar-refractivity contribution in [2.75, 3.05) is 0 Å². The summed E-state index contributed by atoms with van der Waals surface area (Å²) in [7, 11) is 0. The van der Waals surface area contributed by atoms with Crippen molar-refractivity contribution in [2.45, 2.75) is 46.7 Å². The van der Waals surface area contributed by atoms with Gasteiger partial charge in [0.2, 0.25) is 5.91 Å². The van der Waals surface area contributed by atoms with E-state index in [0.717, 1.165) is 6.92 Å². The molecule has 0 saturated carbocycles. The maximum atomic E-state index is 11.5. The fourth-order valence-corrected chi connectivity index (χ4v) is 1.07. The summed E-state index contributed by atoms with van der Waals surface area (Å²) in [6.45, 7) is 8.19. The molecule has 0 aliphatic heterocycles. The van der Waals surface area contributed by atoms with Gasteiger partial charge < -0.3 is 21.3 Å². The summed E-state index contributed by atoms with van der Waals surface area (Å²) in [5.41, 5.74) is 5.60. The van der Waals surface area contributed by atoms with Crippen molar-refractivity contribution in [2.24, 2.45) is 17.6 Å². The molecule has 7 nitrogen and oxygen atoms in total. The second kappa shape index (κ2) is 9.32. The third-order valence-electron chi connectivity index (χ3n) is 2.25. The molecule has 0 bridgehead atoms. The first-order valence-corrected chi connectivity index (χ1v) is 5.99. The number of hydrogen-bond donors (Lipinski definition) is 4. The standard InChI is InChI=1S/C10H20N2O3.C2H4O2/c1-5(2)7(11)9(13)12-8(6(3)4)10(14)15;1-2(3)4/h5-8H,11H2,1-4H3,(H,12,13)(H,14,15);1H3,(H,3,4)/t7-,8-;/m0./s1. The first kappa shape index (κ1) is 19.7. The predicted octanol–water partition coefficient (Wildman–Crippen LogP) is 0.286. The number of amides is 1. The Labute approximate surface area is 113 Å². The summed E-state index contributed by atoms with van der Waals surface area (Å²) in [6, 6.07) is -1.53. The molecule has 0 unspecified atom stereocenters. The van der Waals surface area contributed by atoms with Crippen molar-refractivity contribution in [1.82, 2.24) is 5.32 Å². The van der Waals surface area contributed by atoms with Crippen molar-refractivity contribution < 1.29 is 24.6 Å². The fourth-order valence-electron chi connectivity index (χ4n) is 1.07. The number of aliphatic carboxylic acids is 2. The number of hydrogen-bond acceptors (Lipinski definition) is 4. The van der Waals surface area contributed by atoms with Gasteiger partial charge in [0.25, 0.3) is 5.97 Å². The Balaban J connectivity index is 0. The summed E-state index contributed by atoms with van der Waals surface area (Å²) in [6.07, 6.45) is 0. The molecule has 0 heterocycles. The van der Waals surface area contributed by atoms with Crippen LogP contribution in [0.3, 0.4) is 0 Å². The summed E-state index contributed by atoms with van der Waals surface area (Å²) in [5.74, 6) is -2.45. The van der Waals surface area contributed by atoms with Gasteiger partial charge in [0.05, 0.1) is 6.04 Å². The zero-order chi connectivity index (χ0) is 15.7. The second-order valence-corrected chi connectivity index (χ2v) is 4.86. The van der Waals surface area contributed by atoms with E-state index in [-0.39, 0.29) is 11.8 Å². The van der Waals surface area contributed by atoms with E-state index in [2.05, 4.69) is 5.32 Å². The van der Waals surface area contributed by atoms with Crippen LogP contribution in [-0.2, 0) is 14.4 Å². The summed E-state index contributed by atoms with van der Waals surface area (Å²) < 4.78 is 0. The number of carbonyl (C=O) groups is 3. The van der Waals surface area contributed by atoms with Gasteiger partial charge in [0.15, 0.2) is 0 Å². The molecule has 0 aromatic heterocycles. The first-order chi connectivity index (χ1) is 8.50. The van der Waals surface area contributed by atoms with Crippen LogP contribution in [0.4, 0.5) is 0 Å². The highest BCUT2D eigenvalue weighted by atomic mass is 16.4. The molecule has 19 heavy (non-hydrogen) atoms. The Morgan fingerprint density at radius 2 is 1.37 bits per heavy atom. The maximum Gasteiger partial charge on any atom is 0.326 e. The van der Waals surface area contributed by atoms with E-state index in [4.69, 9.17) is 20.7 Å². The van der Waals surface area contributed by atoms with Gasteiger partial charge in [0, 0.05) is 6.92 Å².